The lowest BCUT2D eigenvalue weighted by atomic mass is 9.81. The third-order valence-electron chi connectivity index (χ3n) is 8.24. The molecule has 40 heavy (non-hydrogen) atoms. The summed E-state index contributed by atoms with van der Waals surface area (Å²) >= 11 is 0. The van der Waals surface area contributed by atoms with E-state index in [0.29, 0.717) is 38.8 Å². The average Bonchev–Trinajstić information content (AvgIpc) is 2.98. The van der Waals surface area contributed by atoms with Crippen LogP contribution in [-0.4, -0.2) is 78.9 Å². The number of carbonyl (C=O) groups is 3. The van der Waals surface area contributed by atoms with E-state index in [1.165, 1.54) is 5.56 Å². The Kier molecular flexibility index (Phi) is 10.6. The summed E-state index contributed by atoms with van der Waals surface area (Å²) in [6.07, 6.45) is 5.53. The van der Waals surface area contributed by atoms with Gasteiger partial charge in [-0.3, -0.25) is 14.4 Å². The predicted octanol–water partition coefficient (Wildman–Crippen LogP) is 3.34. The molecular weight excluding hydrogens is 504 g/mol. The maximum atomic E-state index is 13.6. The Morgan fingerprint density at radius 3 is 2.50 bits per heavy atom. The second kappa shape index (κ2) is 14.3. The summed E-state index contributed by atoms with van der Waals surface area (Å²) in [5.74, 6) is 0.736. The minimum absolute atomic E-state index is 0.000138. The Bertz CT molecular complexity index is 1130. The fourth-order valence-electron chi connectivity index (χ4n) is 5.93. The van der Waals surface area contributed by atoms with E-state index in [1.807, 2.05) is 35.2 Å². The molecule has 2 fully saturated rings. The molecule has 2 aromatic rings. The summed E-state index contributed by atoms with van der Waals surface area (Å²) in [5.41, 5.74) is 1.49. The van der Waals surface area contributed by atoms with Crippen molar-refractivity contribution in [2.45, 2.75) is 69.9 Å². The van der Waals surface area contributed by atoms with Crippen LogP contribution in [0.15, 0.2) is 54.6 Å². The largest absolute Gasteiger partial charge is 0.497 e. The Balaban J connectivity index is 1.22. The maximum absolute atomic E-state index is 13.6. The number of ether oxygens (including phenoxy) is 1. The van der Waals surface area contributed by atoms with E-state index < -0.39 is 11.6 Å². The predicted molar refractivity (Wildman–Crippen MR) is 156 cm³/mol. The number of hydrogen-bond acceptors (Lipinski definition) is 5. The minimum Gasteiger partial charge on any atom is -0.497 e. The molecule has 2 aliphatic heterocycles. The normalized spacial score (nSPS) is 18.9. The molecule has 216 valence electrons. The van der Waals surface area contributed by atoms with Crippen LogP contribution in [-0.2, 0) is 27.2 Å². The van der Waals surface area contributed by atoms with Gasteiger partial charge in [0.15, 0.2) is 0 Å². The zero-order chi connectivity index (χ0) is 28.4. The molecule has 1 spiro atoms. The van der Waals surface area contributed by atoms with Gasteiger partial charge >= 0.3 is 0 Å². The summed E-state index contributed by atoms with van der Waals surface area (Å²) in [6.45, 7) is 5.79. The van der Waals surface area contributed by atoms with Gasteiger partial charge in [-0.05, 0) is 68.2 Å². The summed E-state index contributed by atoms with van der Waals surface area (Å²) in [5, 5.41) is 6.04. The zero-order valence-electron chi connectivity index (χ0n) is 24.0. The van der Waals surface area contributed by atoms with Crippen LogP contribution in [0.25, 0.3) is 0 Å². The number of nitrogens with one attached hydrogen (secondary N) is 2. The van der Waals surface area contributed by atoms with Crippen molar-refractivity contribution in [1.29, 1.82) is 0 Å². The quantitative estimate of drug-likeness (QED) is 0.375. The number of piperazine rings is 1. The molecular formula is C32H44N4O4. The number of rotatable bonds is 13. The number of likely N-dealkylation sites (tertiary alicyclic amines) is 1. The first-order valence-electron chi connectivity index (χ1n) is 14.7. The Morgan fingerprint density at radius 2 is 1.77 bits per heavy atom. The fraction of sp³-hybridized carbons (Fsp3) is 0.531. The third kappa shape index (κ3) is 7.42. The van der Waals surface area contributed by atoms with Crippen LogP contribution < -0.4 is 15.4 Å². The van der Waals surface area contributed by atoms with Gasteiger partial charge in [0.25, 0.3) is 0 Å². The fourth-order valence-corrected chi connectivity index (χ4v) is 5.93. The van der Waals surface area contributed by atoms with Crippen LogP contribution in [0.1, 0.15) is 56.6 Å². The molecule has 2 N–H and O–H groups in total. The third-order valence-corrected chi connectivity index (χ3v) is 8.24. The van der Waals surface area contributed by atoms with Gasteiger partial charge in [0.2, 0.25) is 17.7 Å². The van der Waals surface area contributed by atoms with Gasteiger partial charge in [0.1, 0.15) is 17.3 Å². The van der Waals surface area contributed by atoms with Crippen molar-refractivity contribution < 1.29 is 19.1 Å². The Labute approximate surface area is 238 Å². The number of benzene rings is 2. The summed E-state index contributed by atoms with van der Waals surface area (Å²) in [7, 11) is 1.61. The summed E-state index contributed by atoms with van der Waals surface area (Å²) < 4.78 is 5.22. The van der Waals surface area contributed by atoms with Crippen molar-refractivity contribution in [2.24, 2.45) is 0 Å². The highest BCUT2D eigenvalue weighted by Crippen LogP contribution is 2.34. The standard InChI is InChI=1S/C32H44N4O4/c1-3-19-36-30(38)28(14-7-8-18-33-29(37)24-26-12-9-13-27(23-26)40-2)34-31(39)32(36)16-21-35(22-17-32)20-15-25-10-5-4-6-11-25/h4-6,9-13,23,28H,3,7-8,14-22,24H2,1-2H3,(H,33,37)(H,34,39)/t28-/m0/s1. The topological polar surface area (TPSA) is 91.0 Å². The molecule has 1 atom stereocenters. The highest BCUT2D eigenvalue weighted by Gasteiger charge is 2.52. The molecule has 4 rings (SSSR count). The molecule has 8 nitrogen and oxygen atoms in total. The number of carbonyl (C=O) groups excluding carboxylic acids is 3. The van der Waals surface area contributed by atoms with E-state index in [0.717, 1.165) is 56.6 Å². The van der Waals surface area contributed by atoms with Crippen LogP contribution in [0, 0.1) is 0 Å². The van der Waals surface area contributed by atoms with E-state index >= 15 is 0 Å². The molecule has 3 amide bonds. The number of methoxy groups -OCH3 is 1. The SMILES string of the molecule is CCCN1C(=O)[C@H](CCCCNC(=O)Cc2cccc(OC)c2)NC(=O)C12CCN(CCc1ccccc1)CC2. The van der Waals surface area contributed by atoms with Crippen LogP contribution in [0.4, 0.5) is 0 Å². The maximum Gasteiger partial charge on any atom is 0.246 e. The van der Waals surface area contributed by atoms with Gasteiger partial charge in [-0.2, -0.15) is 0 Å². The molecule has 0 unspecified atom stereocenters. The highest BCUT2D eigenvalue weighted by molar-refractivity contribution is 6.00. The van der Waals surface area contributed by atoms with Crippen LogP contribution in [0.3, 0.4) is 0 Å². The monoisotopic (exact) mass is 548 g/mol. The van der Waals surface area contributed by atoms with E-state index in [2.05, 4.69) is 46.7 Å². The lowest BCUT2D eigenvalue weighted by Crippen LogP contribution is -2.72. The van der Waals surface area contributed by atoms with Gasteiger partial charge in [0, 0.05) is 32.7 Å². The van der Waals surface area contributed by atoms with Crippen molar-refractivity contribution in [3.8, 4) is 5.75 Å². The zero-order valence-corrected chi connectivity index (χ0v) is 24.0. The van der Waals surface area contributed by atoms with E-state index in [1.54, 1.807) is 7.11 Å². The van der Waals surface area contributed by atoms with Gasteiger partial charge in [-0.15, -0.1) is 0 Å². The van der Waals surface area contributed by atoms with Gasteiger partial charge < -0.3 is 25.2 Å². The molecule has 2 aliphatic rings. The molecule has 2 aromatic carbocycles. The number of amides is 3. The van der Waals surface area contributed by atoms with E-state index in [4.69, 9.17) is 4.74 Å². The van der Waals surface area contributed by atoms with Crippen LogP contribution in [0.2, 0.25) is 0 Å². The molecule has 2 saturated heterocycles. The number of piperidine rings is 1. The second-order valence-corrected chi connectivity index (χ2v) is 11.0. The average molecular weight is 549 g/mol. The first-order valence-corrected chi connectivity index (χ1v) is 14.7. The number of unbranched alkanes of at least 4 members (excludes halogenated alkanes) is 1. The smallest absolute Gasteiger partial charge is 0.246 e. The van der Waals surface area contributed by atoms with Gasteiger partial charge in [-0.25, -0.2) is 0 Å². The summed E-state index contributed by atoms with van der Waals surface area (Å²) in [6, 6.07) is 17.5. The van der Waals surface area contributed by atoms with Crippen molar-refractivity contribution in [3.05, 3.63) is 65.7 Å². The van der Waals surface area contributed by atoms with Crippen LogP contribution >= 0.6 is 0 Å². The first kappa shape index (κ1) is 29.6. The van der Waals surface area contributed by atoms with Crippen molar-refractivity contribution in [3.63, 3.8) is 0 Å². The Hall–Kier alpha value is -3.39. The Morgan fingerprint density at radius 1 is 1.02 bits per heavy atom. The lowest BCUT2D eigenvalue weighted by molar-refractivity contribution is -0.161. The van der Waals surface area contributed by atoms with Crippen molar-refractivity contribution in [1.82, 2.24) is 20.4 Å². The van der Waals surface area contributed by atoms with Gasteiger partial charge in [0.05, 0.1) is 13.5 Å². The molecule has 0 aliphatic carbocycles. The van der Waals surface area contributed by atoms with E-state index in [-0.39, 0.29) is 17.7 Å². The molecule has 0 bridgehead atoms. The van der Waals surface area contributed by atoms with E-state index in [9.17, 15) is 14.4 Å². The first-order chi connectivity index (χ1) is 19.4. The molecule has 0 radical (unpaired) electrons. The molecule has 0 saturated carbocycles. The second-order valence-electron chi connectivity index (χ2n) is 11.0. The van der Waals surface area contributed by atoms with Crippen molar-refractivity contribution >= 4 is 17.7 Å². The summed E-state index contributed by atoms with van der Waals surface area (Å²) in [4.78, 5) is 43.7. The number of nitrogens with zero attached hydrogens (tertiary/aromatic N) is 2. The lowest BCUT2D eigenvalue weighted by Gasteiger charge is -2.51. The number of hydrogen-bond donors (Lipinski definition) is 2. The molecule has 2 heterocycles. The van der Waals surface area contributed by atoms with Crippen LogP contribution in [0.5, 0.6) is 5.75 Å². The van der Waals surface area contributed by atoms with Crippen molar-refractivity contribution in [2.75, 3.05) is 39.8 Å². The highest BCUT2D eigenvalue weighted by atomic mass is 16.5. The van der Waals surface area contributed by atoms with Gasteiger partial charge in [-0.1, -0.05) is 49.4 Å². The minimum atomic E-state index is -0.735. The molecule has 8 heteroatoms. The molecule has 0 aromatic heterocycles.